The Morgan fingerprint density at radius 1 is 1.32 bits per heavy atom. The third-order valence-corrected chi connectivity index (χ3v) is 4.52. The van der Waals surface area contributed by atoms with E-state index in [1.165, 1.54) is 0 Å². The molecule has 3 rings (SSSR count). The lowest BCUT2D eigenvalue weighted by Crippen LogP contribution is -2.49. The minimum Gasteiger partial charge on any atom is -0.490 e. The largest absolute Gasteiger partial charge is 0.490 e. The lowest BCUT2D eigenvalue weighted by molar-refractivity contribution is -0.00103. The number of benzene rings is 1. The average molecular weight is 346 g/mol. The van der Waals surface area contributed by atoms with Crippen LogP contribution in [0.25, 0.3) is 0 Å². The van der Waals surface area contributed by atoms with Crippen LogP contribution in [0.15, 0.2) is 18.2 Å². The van der Waals surface area contributed by atoms with E-state index < -0.39 is 5.60 Å². The Bertz CT molecular complexity index is 680. The predicted molar refractivity (Wildman–Crippen MR) is 93.7 cm³/mol. The van der Waals surface area contributed by atoms with Gasteiger partial charge in [0.25, 0.3) is 5.91 Å². The van der Waals surface area contributed by atoms with E-state index >= 15 is 0 Å². The summed E-state index contributed by atoms with van der Waals surface area (Å²) in [5.41, 5.74) is 1.21. The van der Waals surface area contributed by atoms with Gasteiger partial charge in [0, 0.05) is 37.5 Å². The fourth-order valence-corrected chi connectivity index (χ4v) is 3.30. The molecule has 0 bridgehead atoms. The molecule has 25 heavy (non-hydrogen) atoms. The van der Waals surface area contributed by atoms with E-state index in [-0.39, 0.29) is 24.1 Å². The summed E-state index contributed by atoms with van der Waals surface area (Å²) in [6.07, 6.45) is 1.31. The summed E-state index contributed by atoms with van der Waals surface area (Å²) >= 11 is 0. The van der Waals surface area contributed by atoms with E-state index in [1.54, 1.807) is 4.90 Å². The number of carbonyl (C=O) groups is 2. The van der Waals surface area contributed by atoms with Gasteiger partial charge in [0.2, 0.25) is 0 Å². The Labute approximate surface area is 148 Å². The van der Waals surface area contributed by atoms with Crippen molar-refractivity contribution in [2.75, 3.05) is 6.54 Å². The van der Waals surface area contributed by atoms with Crippen LogP contribution < -0.4 is 10.1 Å². The van der Waals surface area contributed by atoms with Crippen LogP contribution in [0.5, 0.6) is 5.75 Å². The summed E-state index contributed by atoms with van der Waals surface area (Å²) in [6, 6.07) is 5.64. The first kappa shape index (κ1) is 17.6. The van der Waals surface area contributed by atoms with Gasteiger partial charge in [-0.3, -0.25) is 4.79 Å². The molecular weight excluding hydrogens is 320 g/mol. The predicted octanol–water partition coefficient (Wildman–Crippen LogP) is 3.10. The van der Waals surface area contributed by atoms with E-state index in [0.717, 1.165) is 29.7 Å². The third kappa shape index (κ3) is 4.06. The highest BCUT2D eigenvalue weighted by molar-refractivity contribution is 5.98. The lowest BCUT2D eigenvalue weighted by Gasteiger charge is -2.38. The first-order valence-corrected chi connectivity index (χ1v) is 8.80. The van der Waals surface area contributed by atoms with Gasteiger partial charge < -0.3 is 19.7 Å². The van der Waals surface area contributed by atoms with Crippen LogP contribution in [0.1, 0.15) is 56.5 Å². The van der Waals surface area contributed by atoms with E-state index in [1.807, 2.05) is 45.9 Å². The topological polar surface area (TPSA) is 67.9 Å². The van der Waals surface area contributed by atoms with E-state index in [0.29, 0.717) is 13.1 Å². The number of likely N-dealkylation sites (tertiary alicyclic amines) is 1. The highest BCUT2D eigenvalue weighted by atomic mass is 16.6. The van der Waals surface area contributed by atoms with Gasteiger partial charge in [-0.25, -0.2) is 4.79 Å². The number of nitrogens with one attached hydrogen (secondary N) is 1. The van der Waals surface area contributed by atoms with Crippen molar-refractivity contribution in [1.82, 2.24) is 10.2 Å². The van der Waals surface area contributed by atoms with Crippen LogP contribution in [0.2, 0.25) is 0 Å². The van der Waals surface area contributed by atoms with E-state index in [4.69, 9.17) is 9.47 Å². The van der Waals surface area contributed by atoms with Crippen molar-refractivity contribution in [1.29, 1.82) is 0 Å². The minimum atomic E-state index is -0.486. The van der Waals surface area contributed by atoms with Crippen LogP contribution in [-0.4, -0.2) is 41.2 Å². The second kappa shape index (κ2) is 6.58. The molecule has 1 saturated heterocycles. The van der Waals surface area contributed by atoms with Crippen LogP contribution >= 0.6 is 0 Å². The summed E-state index contributed by atoms with van der Waals surface area (Å²) in [4.78, 5) is 25.7. The van der Waals surface area contributed by atoms with Gasteiger partial charge >= 0.3 is 6.09 Å². The van der Waals surface area contributed by atoms with Gasteiger partial charge in [-0.1, -0.05) is 0 Å². The third-order valence-electron chi connectivity index (χ3n) is 4.52. The van der Waals surface area contributed by atoms with Gasteiger partial charge in [0.05, 0.1) is 0 Å². The summed E-state index contributed by atoms with van der Waals surface area (Å²) in [7, 11) is 0. The lowest BCUT2D eigenvalue weighted by atomic mass is 10.0. The smallest absolute Gasteiger partial charge is 0.410 e. The molecule has 0 radical (unpaired) electrons. The fourth-order valence-electron chi connectivity index (χ4n) is 3.30. The van der Waals surface area contributed by atoms with Gasteiger partial charge in [-0.05, 0) is 51.5 Å². The molecule has 1 N–H and O–H groups in total. The number of hydrogen-bond donors (Lipinski definition) is 1. The van der Waals surface area contributed by atoms with Crippen molar-refractivity contribution >= 4 is 12.0 Å². The van der Waals surface area contributed by atoms with Gasteiger partial charge in [-0.15, -0.1) is 0 Å². The molecule has 2 atom stereocenters. The molecule has 2 heterocycles. The highest BCUT2D eigenvalue weighted by Crippen LogP contribution is 2.27. The van der Waals surface area contributed by atoms with Crippen molar-refractivity contribution in [3.8, 4) is 5.75 Å². The molecule has 6 heteroatoms. The Balaban J connectivity index is 1.58. The maximum atomic E-state index is 12.3. The van der Waals surface area contributed by atoms with Crippen molar-refractivity contribution < 1.29 is 19.1 Å². The number of rotatable bonds is 2. The van der Waals surface area contributed by atoms with Crippen molar-refractivity contribution in [3.05, 3.63) is 29.3 Å². The van der Waals surface area contributed by atoms with Crippen LogP contribution in [0.4, 0.5) is 4.79 Å². The SMILES string of the molecule is C[C@@H]1C[C@H](Oc2ccc3c(c2)CNC3=O)CCN1C(=O)OC(C)(C)C. The van der Waals surface area contributed by atoms with Gasteiger partial charge in [0.15, 0.2) is 0 Å². The zero-order chi connectivity index (χ0) is 18.2. The number of piperidine rings is 1. The minimum absolute atomic E-state index is 0.0270. The van der Waals surface area contributed by atoms with Gasteiger partial charge in [0.1, 0.15) is 17.5 Å². The zero-order valence-corrected chi connectivity index (χ0v) is 15.3. The summed E-state index contributed by atoms with van der Waals surface area (Å²) in [5, 5.41) is 2.81. The molecule has 2 aliphatic heterocycles. The summed E-state index contributed by atoms with van der Waals surface area (Å²) < 4.78 is 11.6. The van der Waals surface area contributed by atoms with E-state index in [9.17, 15) is 9.59 Å². The van der Waals surface area contributed by atoms with Crippen molar-refractivity contribution in [3.63, 3.8) is 0 Å². The number of ether oxygens (including phenoxy) is 2. The normalized spacial score (nSPS) is 23.0. The maximum Gasteiger partial charge on any atom is 0.410 e. The highest BCUT2D eigenvalue weighted by Gasteiger charge is 2.32. The number of nitrogens with zero attached hydrogens (tertiary/aromatic N) is 1. The molecule has 2 amide bonds. The van der Waals surface area contributed by atoms with E-state index in [2.05, 4.69) is 5.32 Å². The molecule has 1 aromatic rings. The summed E-state index contributed by atoms with van der Waals surface area (Å²) in [6.45, 7) is 8.81. The molecular formula is C19H26N2O4. The fraction of sp³-hybridized carbons (Fsp3) is 0.579. The average Bonchev–Trinajstić information content (AvgIpc) is 2.86. The number of hydrogen-bond acceptors (Lipinski definition) is 4. The van der Waals surface area contributed by atoms with Crippen molar-refractivity contribution in [2.45, 2.75) is 64.8 Å². The molecule has 1 fully saturated rings. The standard InChI is InChI=1S/C19H26N2O4/c1-12-9-15(7-8-21(12)18(23)25-19(2,3)4)24-14-5-6-16-13(10-14)11-20-17(16)22/h5-6,10,12,15H,7-9,11H2,1-4H3,(H,20,22)/t12-,15-/m1/s1. The van der Waals surface area contributed by atoms with Crippen LogP contribution in [0.3, 0.4) is 0 Å². The monoisotopic (exact) mass is 346 g/mol. The molecule has 2 aliphatic rings. The quantitative estimate of drug-likeness (QED) is 0.893. The Morgan fingerprint density at radius 3 is 2.76 bits per heavy atom. The first-order chi connectivity index (χ1) is 11.7. The molecule has 0 aliphatic carbocycles. The molecule has 0 saturated carbocycles. The Morgan fingerprint density at radius 2 is 2.08 bits per heavy atom. The second-order valence-electron chi connectivity index (χ2n) is 7.79. The second-order valence-corrected chi connectivity index (χ2v) is 7.79. The number of carbonyl (C=O) groups excluding carboxylic acids is 2. The summed E-state index contributed by atoms with van der Waals surface area (Å²) in [5.74, 6) is 0.749. The molecule has 136 valence electrons. The van der Waals surface area contributed by atoms with Crippen LogP contribution in [0, 0.1) is 0 Å². The molecule has 0 unspecified atom stereocenters. The van der Waals surface area contributed by atoms with Gasteiger partial charge in [-0.2, -0.15) is 0 Å². The first-order valence-electron chi connectivity index (χ1n) is 8.80. The molecule has 1 aromatic carbocycles. The number of fused-ring (bicyclic) bond motifs is 1. The Kier molecular flexibility index (Phi) is 4.62. The molecule has 0 aromatic heterocycles. The zero-order valence-electron chi connectivity index (χ0n) is 15.3. The number of amides is 2. The maximum absolute atomic E-state index is 12.3. The molecule has 6 nitrogen and oxygen atoms in total. The molecule has 0 spiro atoms. The Hall–Kier alpha value is -2.24. The van der Waals surface area contributed by atoms with Crippen molar-refractivity contribution in [2.24, 2.45) is 0 Å². The van der Waals surface area contributed by atoms with Crippen LogP contribution in [-0.2, 0) is 11.3 Å².